The van der Waals surface area contributed by atoms with Gasteiger partial charge in [-0.15, -0.1) is 0 Å². The third-order valence-electron chi connectivity index (χ3n) is 2.40. The number of likely N-dealkylation sites (N-methyl/N-ethyl adjacent to an activating group) is 1. The summed E-state index contributed by atoms with van der Waals surface area (Å²) in [5, 5.41) is 12.1. The molecule has 1 atom stereocenters. The van der Waals surface area contributed by atoms with Crippen LogP contribution in [0.1, 0.15) is 25.5 Å². The first-order valence-electron chi connectivity index (χ1n) is 5.84. The lowest BCUT2D eigenvalue weighted by atomic mass is 10.1. The molecule has 0 radical (unpaired) electrons. The zero-order valence-corrected chi connectivity index (χ0v) is 10.9. The van der Waals surface area contributed by atoms with Gasteiger partial charge in [0.1, 0.15) is 0 Å². The minimum absolute atomic E-state index is 0.0573. The smallest absolute Gasteiger partial charge is 0.257 e. The van der Waals surface area contributed by atoms with E-state index < -0.39 is 6.10 Å². The van der Waals surface area contributed by atoms with Gasteiger partial charge in [0, 0.05) is 6.54 Å². The highest BCUT2D eigenvalue weighted by molar-refractivity contribution is 5.77. The summed E-state index contributed by atoms with van der Waals surface area (Å²) < 4.78 is 10.5. The van der Waals surface area contributed by atoms with Crippen molar-refractivity contribution in [2.45, 2.75) is 20.0 Å². The van der Waals surface area contributed by atoms with Crippen molar-refractivity contribution in [2.24, 2.45) is 0 Å². The van der Waals surface area contributed by atoms with Crippen LogP contribution in [-0.2, 0) is 4.79 Å². The second kappa shape index (κ2) is 6.86. The third-order valence-corrected chi connectivity index (χ3v) is 2.40. The molecule has 1 aromatic carbocycles. The van der Waals surface area contributed by atoms with E-state index in [4.69, 9.17) is 9.47 Å². The molecular weight excluding hydrogens is 234 g/mol. The Hall–Kier alpha value is -1.75. The first-order chi connectivity index (χ1) is 8.58. The number of nitrogens with one attached hydrogen (secondary N) is 1. The average Bonchev–Trinajstić information content (AvgIpc) is 2.36. The minimum Gasteiger partial charge on any atom is -0.493 e. The van der Waals surface area contributed by atoms with Crippen molar-refractivity contribution < 1.29 is 19.4 Å². The summed E-state index contributed by atoms with van der Waals surface area (Å²) in [6.07, 6.45) is -0.573. The lowest BCUT2D eigenvalue weighted by molar-refractivity contribution is -0.123. The van der Waals surface area contributed by atoms with E-state index in [1.807, 2.05) is 6.92 Å². The third kappa shape index (κ3) is 3.92. The molecule has 0 heterocycles. The van der Waals surface area contributed by atoms with E-state index in [9.17, 15) is 9.90 Å². The molecule has 0 saturated carbocycles. The maximum atomic E-state index is 11.3. The van der Waals surface area contributed by atoms with Crippen LogP contribution in [0.25, 0.3) is 0 Å². The summed E-state index contributed by atoms with van der Waals surface area (Å²) in [6, 6.07) is 5.11. The van der Waals surface area contributed by atoms with Crippen molar-refractivity contribution in [1.29, 1.82) is 0 Å². The quantitative estimate of drug-likeness (QED) is 0.801. The fourth-order valence-corrected chi connectivity index (χ4v) is 1.45. The number of aliphatic hydroxyl groups excluding tert-OH is 1. The molecule has 0 aliphatic rings. The summed E-state index contributed by atoms with van der Waals surface area (Å²) in [5.41, 5.74) is 0.734. The number of aliphatic hydroxyl groups is 1. The number of hydrogen-bond donors (Lipinski definition) is 2. The van der Waals surface area contributed by atoms with E-state index in [0.29, 0.717) is 18.0 Å². The molecule has 2 N–H and O–H groups in total. The molecule has 5 heteroatoms. The Morgan fingerprint density at radius 2 is 2.17 bits per heavy atom. The molecule has 0 aromatic heterocycles. The van der Waals surface area contributed by atoms with Crippen LogP contribution in [0.15, 0.2) is 18.2 Å². The van der Waals surface area contributed by atoms with Gasteiger partial charge in [-0.1, -0.05) is 6.07 Å². The first kappa shape index (κ1) is 14.3. The van der Waals surface area contributed by atoms with Crippen molar-refractivity contribution in [3.05, 3.63) is 23.8 Å². The molecule has 5 nitrogen and oxygen atoms in total. The van der Waals surface area contributed by atoms with E-state index in [1.165, 1.54) is 7.11 Å². The molecule has 0 aliphatic heterocycles. The molecule has 0 aliphatic carbocycles. The molecule has 100 valence electrons. The highest BCUT2D eigenvalue weighted by Crippen LogP contribution is 2.30. The van der Waals surface area contributed by atoms with Crippen molar-refractivity contribution in [1.82, 2.24) is 5.32 Å². The van der Waals surface area contributed by atoms with Gasteiger partial charge in [0.2, 0.25) is 0 Å². The Morgan fingerprint density at radius 1 is 1.44 bits per heavy atom. The SMILES string of the molecule is CCNC(=O)COc1ccc([C@@H](C)O)cc1OC. The van der Waals surface area contributed by atoms with Gasteiger partial charge in [0.05, 0.1) is 13.2 Å². The van der Waals surface area contributed by atoms with Crippen molar-refractivity contribution in [3.8, 4) is 11.5 Å². The fraction of sp³-hybridized carbons (Fsp3) is 0.462. The molecule has 0 fully saturated rings. The van der Waals surface area contributed by atoms with Gasteiger partial charge in [0.25, 0.3) is 5.91 Å². The Morgan fingerprint density at radius 3 is 2.72 bits per heavy atom. The highest BCUT2D eigenvalue weighted by atomic mass is 16.5. The topological polar surface area (TPSA) is 67.8 Å². The molecule has 1 rings (SSSR count). The number of hydrogen-bond acceptors (Lipinski definition) is 4. The number of carbonyl (C=O) groups excluding carboxylic acids is 1. The lowest BCUT2D eigenvalue weighted by Gasteiger charge is -2.13. The van der Waals surface area contributed by atoms with E-state index >= 15 is 0 Å². The normalized spacial score (nSPS) is 11.8. The van der Waals surface area contributed by atoms with Gasteiger partial charge in [-0.2, -0.15) is 0 Å². The number of methoxy groups -OCH3 is 1. The summed E-state index contributed by atoms with van der Waals surface area (Å²) in [4.78, 5) is 11.3. The summed E-state index contributed by atoms with van der Waals surface area (Å²) >= 11 is 0. The standard InChI is InChI=1S/C13H19NO4/c1-4-14-13(16)8-18-11-6-5-10(9(2)15)7-12(11)17-3/h5-7,9,15H,4,8H2,1-3H3,(H,14,16)/t9-/m1/s1. The van der Waals surface area contributed by atoms with Crippen molar-refractivity contribution >= 4 is 5.91 Å². The summed E-state index contributed by atoms with van der Waals surface area (Å²) in [5.74, 6) is 0.796. The van der Waals surface area contributed by atoms with Crippen molar-refractivity contribution in [2.75, 3.05) is 20.3 Å². The zero-order chi connectivity index (χ0) is 13.5. The number of benzene rings is 1. The first-order valence-corrected chi connectivity index (χ1v) is 5.84. The minimum atomic E-state index is -0.573. The van der Waals surface area contributed by atoms with Crippen LogP contribution >= 0.6 is 0 Å². The highest BCUT2D eigenvalue weighted by Gasteiger charge is 2.10. The lowest BCUT2D eigenvalue weighted by Crippen LogP contribution is -2.28. The van der Waals surface area contributed by atoms with E-state index in [1.54, 1.807) is 25.1 Å². The van der Waals surface area contributed by atoms with Gasteiger partial charge in [-0.25, -0.2) is 0 Å². The summed E-state index contributed by atoms with van der Waals surface area (Å²) in [6.45, 7) is 4.03. The molecule has 0 spiro atoms. The number of amides is 1. The van der Waals surface area contributed by atoms with Crippen LogP contribution in [-0.4, -0.2) is 31.3 Å². The van der Waals surface area contributed by atoms with Crippen LogP contribution in [0.3, 0.4) is 0 Å². The number of ether oxygens (including phenoxy) is 2. The van der Waals surface area contributed by atoms with Gasteiger partial charge in [-0.05, 0) is 31.5 Å². The van der Waals surface area contributed by atoms with Crippen LogP contribution in [0.2, 0.25) is 0 Å². The molecule has 0 saturated heterocycles. The van der Waals surface area contributed by atoms with E-state index in [2.05, 4.69) is 5.32 Å². The van der Waals surface area contributed by atoms with Crippen LogP contribution in [0, 0.1) is 0 Å². The Labute approximate surface area is 107 Å². The predicted molar refractivity (Wildman–Crippen MR) is 67.8 cm³/mol. The zero-order valence-electron chi connectivity index (χ0n) is 10.9. The van der Waals surface area contributed by atoms with Crippen LogP contribution in [0.4, 0.5) is 0 Å². The second-order valence-corrected chi connectivity index (χ2v) is 3.83. The molecule has 1 aromatic rings. The monoisotopic (exact) mass is 253 g/mol. The van der Waals surface area contributed by atoms with Gasteiger partial charge in [0.15, 0.2) is 18.1 Å². The van der Waals surface area contributed by atoms with Crippen molar-refractivity contribution in [3.63, 3.8) is 0 Å². The molecule has 0 unspecified atom stereocenters. The maximum absolute atomic E-state index is 11.3. The van der Waals surface area contributed by atoms with Gasteiger partial charge >= 0.3 is 0 Å². The second-order valence-electron chi connectivity index (χ2n) is 3.83. The molecular formula is C13H19NO4. The van der Waals surface area contributed by atoms with E-state index in [-0.39, 0.29) is 12.5 Å². The molecule has 18 heavy (non-hydrogen) atoms. The van der Waals surface area contributed by atoms with Crippen LogP contribution < -0.4 is 14.8 Å². The Bertz CT molecular complexity index is 404. The Kier molecular flexibility index (Phi) is 5.45. The predicted octanol–water partition coefficient (Wildman–Crippen LogP) is 1.26. The number of carbonyl (C=O) groups is 1. The molecule has 0 bridgehead atoms. The number of rotatable bonds is 6. The van der Waals surface area contributed by atoms with E-state index in [0.717, 1.165) is 5.56 Å². The van der Waals surface area contributed by atoms with Gasteiger partial charge < -0.3 is 19.9 Å². The maximum Gasteiger partial charge on any atom is 0.257 e. The Balaban J connectivity index is 2.73. The average molecular weight is 253 g/mol. The van der Waals surface area contributed by atoms with Gasteiger partial charge in [-0.3, -0.25) is 4.79 Å². The fourth-order valence-electron chi connectivity index (χ4n) is 1.45. The van der Waals surface area contributed by atoms with Crippen LogP contribution in [0.5, 0.6) is 11.5 Å². The molecule has 1 amide bonds. The largest absolute Gasteiger partial charge is 0.493 e. The summed E-state index contributed by atoms with van der Waals surface area (Å²) in [7, 11) is 1.51.